The van der Waals surface area contributed by atoms with E-state index in [0.29, 0.717) is 13.0 Å². The second-order valence-corrected chi connectivity index (χ2v) is 6.23. The Morgan fingerprint density at radius 3 is 2.32 bits per heavy atom. The molecule has 2 rings (SSSR count). The molecule has 2 aromatic rings. The van der Waals surface area contributed by atoms with Gasteiger partial charge in [-0.1, -0.05) is 30.3 Å². The van der Waals surface area contributed by atoms with Crippen molar-refractivity contribution in [3.05, 3.63) is 58.9 Å². The zero-order valence-electron chi connectivity index (χ0n) is 14.3. The predicted molar refractivity (Wildman–Crippen MR) is 90.7 cm³/mol. The fraction of sp³-hybridized carbons (Fsp3) is 0.421. The lowest BCUT2D eigenvalue weighted by atomic mass is 10.1. The summed E-state index contributed by atoms with van der Waals surface area (Å²) in [5, 5.41) is 0. The van der Waals surface area contributed by atoms with Crippen LogP contribution in [-0.2, 0) is 24.8 Å². The number of carbonyl (C=O) groups excluding carboxylic acids is 1. The standard InChI is InChI=1S/C19H26N2O/c1-14(2)21(13-17-9-7-6-8-10-17)19(22)12-18-11-15(3)20(5)16(18)4/h6-11,14H,12-13H2,1-5H3. The van der Waals surface area contributed by atoms with E-state index in [1.807, 2.05) is 30.1 Å². The summed E-state index contributed by atoms with van der Waals surface area (Å²) in [4.78, 5) is 14.7. The Labute approximate surface area is 133 Å². The molecule has 1 aromatic heterocycles. The van der Waals surface area contributed by atoms with Crippen LogP contribution in [0.25, 0.3) is 0 Å². The normalized spacial score (nSPS) is 11.0. The fourth-order valence-electron chi connectivity index (χ4n) is 2.72. The zero-order chi connectivity index (χ0) is 16.3. The first-order valence-corrected chi connectivity index (χ1v) is 7.85. The Morgan fingerprint density at radius 1 is 1.18 bits per heavy atom. The number of aromatic nitrogens is 1. The van der Waals surface area contributed by atoms with Crippen molar-refractivity contribution in [2.45, 2.75) is 46.7 Å². The maximum atomic E-state index is 12.7. The molecule has 1 amide bonds. The topological polar surface area (TPSA) is 25.2 Å². The maximum Gasteiger partial charge on any atom is 0.227 e. The number of hydrogen-bond acceptors (Lipinski definition) is 1. The molecular formula is C19H26N2O. The molecule has 0 aliphatic rings. The van der Waals surface area contributed by atoms with Gasteiger partial charge >= 0.3 is 0 Å². The van der Waals surface area contributed by atoms with Crippen molar-refractivity contribution in [1.82, 2.24) is 9.47 Å². The van der Waals surface area contributed by atoms with Crippen molar-refractivity contribution in [2.24, 2.45) is 7.05 Å². The summed E-state index contributed by atoms with van der Waals surface area (Å²) in [6.45, 7) is 8.97. The SMILES string of the molecule is Cc1cc(CC(=O)N(Cc2ccccc2)C(C)C)c(C)n1C. The highest BCUT2D eigenvalue weighted by Gasteiger charge is 2.19. The van der Waals surface area contributed by atoms with Crippen LogP contribution < -0.4 is 0 Å². The van der Waals surface area contributed by atoms with E-state index in [2.05, 4.69) is 50.5 Å². The Bertz CT molecular complexity index is 641. The first kappa shape index (κ1) is 16.3. The van der Waals surface area contributed by atoms with Gasteiger partial charge in [-0.25, -0.2) is 0 Å². The number of carbonyl (C=O) groups is 1. The molecule has 0 aliphatic carbocycles. The first-order valence-electron chi connectivity index (χ1n) is 7.85. The van der Waals surface area contributed by atoms with Crippen molar-refractivity contribution < 1.29 is 4.79 Å². The Kier molecular flexibility index (Phi) is 5.07. The van der Waals surface area contributed by atoms with Crippen LogP contribution in [0.3, 0.4) is 0 Å². The molecule has 0 radical (unpaired) electrons. The highest BCUT2D eigenvalue weighted by atomic mass is 16.2. The molecule has 1 heterocycles. The minimum Gasteiger partial charge on any atom is -0.352 e. The van der Waals surface area contributed by atoms with Crippen molar-refractivity contribution in [1.29, 1.82) is 0 Å². The largest absolute Gasteiger partial charge is 0.352 e. The van der Waals surface area contributed by atoms with E-state index in [-0.39, 0.29) is 11.9 Å². The summed E-state index contributed by atoms with van der Waals surface area (Å²) in [6.07, 6.45) is 0.471. The van der Waals surface area contributed by atoms with Gasteiger partial charge in [0.25, 0.3) is 0 Å². The lowest BCUT2D eigenvalue weighted by molar-refractivity contribution is -0.132. The molecule has 0 saturated heterocycles. The highest BCUT2D eigenvalue weighted by molar-refractivity contribution is 5.79. The van der Waals surface area contributed by atoms with E-state index in [1.165, 1.54) is 17.0 Å². The molecule has 0 saturated carbocycles. The van der Waals surface area contributed by atoms with E-state index in [9.17, 15) is 4.79 Å². The average molecular weight is 298 g/mol. The lowest BCUT2D eigenvalue weighted by Crippen LogP contribution is -2.37. The van der Waals surface area contributed by atoms with Crippen LogP contribution in [0.4, 0.5) is 0 Å². The van der Waals surface area contributed by atoms with Gasteiger partial charge in [-0.15, -0.1) is 0 Å². The van der Waals surface area contributed by atoms with Crippen LogP contribution in [0, 0.1) is 13.8 Å². The van der Waals surface area contributed by atoms with Crippen molar-refractivity contribution in [2.75, 3.05) is 0 Å². The quantitative estimate of drug-likeness (QED) is 0.827. The molecular weight excluding hydrogens is 272 g/mol. The predicted octanol–water partition coefficient (Wildman–Crippen LogP) is 3.62. The van der Waals surface area contributed by atoms with Crippen LogP contribution in [0.1, 0.15) is 36.4 Å². The highest BCUT2D eigenvalue weighted by Crippen LogP contribution is 2.17. The van der Waals surface area contributed by atoms with E-state index >= 15 is 0 Å². The average Bonchev–Trinajstić information content (AvgIpc) is 2.72. The number of aryl methyl sites for hydroxylation is 1. The third-order valence-electron chi connectivity index (χ3n) is 4.36. The molecule has 3 nitrogen and oxygen atoms in total. The first-order chi connectivity index (χ1) is 10.4. The molecule has 0 spiro atoms. The Hall–Kier alpha value is -2.03. The van der Waals surface area contributed by atoms with Crippen LogP contribution in [0.15, 0.2) is 36.4 Å². The maximum absolute atomic E-state index is 12.7. The fourth-order valence-corrected chi connectivity index (χ4v) is 2.72. The van der Waals surface area contributed by atoms with E-state index in [4.69, 9.17) is 0 Å². The number of rotatable bonds is 5. The van der Waals surface area contributed by atoms with Crippen LogP contribution in [0.2, 0.25) is 0 Å². The molecule has 1 aromatic carbocycles. The van der Waals surface area contributed by atoms with Crippen LogP contribution in [0.5, 0.6) is 0 Å². The molecule has 0 unspecified atom stereocenters. The second kappa shape index (κ2) is 6.82. The van der Waals surface area contributed by atoms with Crippen molar-refractivity contribution >= 4 is 5.91 Å². The number of hydrogen-bond donors (Lipinski definition) is 0. The molecule has 0 aliphatic heterocycles. The number of amides is 1. The van der Waals surface area contributed by atoms with E-state index < -0.39 is 0 Å². The Balaban J connectivity index is 2.14. The lowest BCUT2D eigenvalue weighted by Gasteiger charge is -2.27. The second-order valence-electron chi connectivity index (χ2n) is 6.23. The van der Waals surface area contributed by atoms with Gasteiger partial charge in [0.1, 0.15) is 0 Å². The smallest absolute Gasteiger partial charge is 0.227 e. The summed E-state index contributed by atoms with van der Waals surface area (Å²) in [5.74, 6) is 0.188. The van der Waals surface area contributed by atoms with Gasteiger partial charge in [-0.2, -0.15) is 0 Å². The van der Waals surface area contributed by atoms with Crippen LogP contribution in [-0.4, -0.2) is 21.4 Å². The zero-order valence-corrected chi connectivity index (χ0v) is 14.3. The van der Waals surface area contributed by atoms with Gasteiger partial charge in [-0.05, 0) is 44.9 Å². The number of benzene rings is 1. The number of nitrogens with zero attached hydrogens (tertiary/aromatic N) is 2. The molecule has 0 N–H and O–H groups in total. The summed E-state index contributed by atoms with van der Waals surface area (Å²) in [7, 11) is 2.04. The third-order valence-corrected chi connectivity index (χ3v) is 4.36. The molecule has 0 atom stereocenters. The van der Waals surface area contributed by atoms with Gasteiger partial charge < -0.3 is 9.47 Å². The minimum absolute atomic E-state index is 0.188. The molecule has 0 bridgehead atoms. The Morgan fingerprint density at radius 2 is 1.82 bits per heavy atom. The molecule has 0 fully saturated rings. The van der Waals surface area contributed by atoms with Gasteiger partial charge in [-0.3, -0.25) is 4.79 Å². The summed E-state index contributed by atoms with van der Waals surface area (Å²) in [6, 6.07) is 12.5. The third kappa shape index (κ3) is 3.59. The van der Waals surface area contributed by atoms with Gasteiger partial charge in [0, 0.05) is 31.0 Å². The summed E-state index contributed by atoms with van der Waals surface area (Å²) < 4.78 is 2.14. The van der Waals surface area contributed by atoms with Crippen LogP contribution >= 0.6 is 0 Å². The van der Waals surface area contributed by atoms with Gasteiger partial charge in [0.05, 0.1) is 6.42 Å². The van der Waals surface area contributed by atoms with Crippen molar-refractivity contribution in [3.63, 3.8) is 0 Å². The van der Waals surface area contributed by atoms with E-state index in [1.54, 1.807) is 0 Å². The van der Waals surface area contributed by atoms with Gasteiger partial charge in [0.15, 0.2) is 0 Å². The molecule has 3 heteroatoms. The van der Waals surface area contributed by atoms with E-state index in [0.717, 1.165) is 5.56 Å². The molecule has 22 heavy (non-hydrogen) atoms. The molecule has 118 valence electrons. The van der Waals surface area contributed by atoms with Crippen molar-refractivity contribution in [3.8, 4) is 0 Å². The summed E-state index contributed by atoms with van der Waals surface area (Å²) >= 11 is 0. The monoisotopic (exact) mass is 298 g/mol. The van der Waals surface area contributed by atoms with Gasteiger partial charge in [0.2, 0.25) is 5.91 Å². The minimum atomic E-state index is 0.188. The summed E-state index contributed by atoms with van der Waals surface area (Å²) in [5.41, 5.74) is 4.67.